The van der Waals surface area contributed by atoms with Crippen LogP contribution in [0.4, 0.5) is 0 Å². The lowest BCUT2D eigenvalue weighted by Crippen LogP contribution is -2.39. The summed E-state index contributed by atoms with van der Waals surface area (Å²) in [4.78, 5) is 19.3. The number of carbonyl (C=O) groups excluding carboxylic acids is 1. The Morgan fingerprint density at radius 2 is 2.29 bits per heavy atom. The first-order valence-corrected chi connectivity index (χ1v) is 4.52. The first kappa shape index (κ1) is 8.93. The maximum Gasteiger partial charge on any atom is 0.253 e. The van der Waals surface area contributed by atoms with Gasteiger partial charge in [-0.2, -0.15) is 4.99 Å². The second-order valence-electron chi connectivity index (χ2n) is 3.63. The molecule has 0 radical (unpaired) electrons. The number of hydrogen-bond acceptors (Lipinski definition) is 3. The van der Waals surface area contributed by atoms with Crippen molar-refractivity contribution in [2.75, 3.05) is 0 Å². The molecule has 1 aromatic rings. The van der Waals surface area contributed by atoms with Crippen LogP contribution in [0.5, 0.6) is 0 Å². The Morgan fingerprint density at radius 3 is 2.93 bits per heavy atom. The molecule has 2 heterocycles. The monoisotopic (exact) mass is 192 g/mol. The lowest BCUT2D eigenvalue weighted by molar-refractivity contribution is -0.117. The third kappa shape index (κ3) is 1.21. The van der Waals surface area contributed by atoms with Crippen LogP contribution in [0.3, 0.4) is 0 Å². The van der Waals surface area contributed by atoms with Gasteiger partial charge in [0.1, 0.15) is 5.35 Å². The molecule has 74 valence electrons. The van der Waals surface area contributed by atoms with Gasteiger partial charge < -0.3 is 10.3 Å². The minimum Gasteiger partial charge on any atom is -0.400 e. The second kappa shape index (κ2) is 2.94. The number of nitrogens with two attached hydrogens (primary N) is 1. The van der Waals surface area contributed by atoms with E-state index in [1.807, 2.05) is 18.4 Å². The molecule has 0 fully saturated rings. The lowest BCUT2D eigenvalue weighted by atomic mass is 10.2. The van der Waals surface area contributed by atoms with Crippen LogP contribution in [-0.4, -0.2) is 15.5 Å². The fraction of sp³-hybridized carbons (Fsp3) is 0.444. The summed E-state index contributed by atoms with van der Waals surface area (Å²) in [7, 11) is 0. The maximum absolute atomic E-state index is 11.2. The van der Waals surface area contributed by atoms with Crippen molar-refractivity contribution in [1.29, 1.82) is 0 Å². The predicted molar refractivity (Wildman–Crippen MR) is 50.6 cm³/mol. The van der Waals surface area contributed by atoms with Crippen LogP contribution in [0, 0.1) is 0 Å². The molecule has 0 aromatic carbocycles. The zero-order valence-electron chi connectivity index (χ0n) is 8.19. The summed E-state index contributed by atoms with van der Waals surface area (Å²) in [5, 5.41) is 0.651. The van der Waals surface area contributed by atoms with Crippen LogP contribution in [-0.2, 0) is 4.79 Å². The normalized spacial score (nSPS) is 15.6. The van der Waals surface area contributed by atoms with Crippen molar-refractivity contribution < 1.29 is 4.79 Å². The van der Waals surface area contributed by atoms with Gasteiger partial charge in [0.05, 0.1) is 12.7 Å². The van der Waals surface area contributed by atoms with Crippen molar-refractivity contribution in [3.8, 4) is 0 Å². The van der Waals surface area contributed by atoms with Gasteiger partial charge in [-0.05, 0) is 13.8 Å². The summed E-state index contributed by atoms with van der Waals surface area (Å²) in [6, 6.07) is 0.230. The third-order valence-electron chi connectivity index (χ3n) is 2.20. The highest BCUT2D eigenvalue weighted by Crippen LogP contribution is 2.00. The quantitative estimate of drug-likeness (QED) is 0.625. The van der Waals surface area contributed by atoms with E-state index in [2.05, 4.69) is 9.98 Å². The number of amides is 1. The molecule has 0 unspecified atom stereocenters. The summed E-state index contributed by atoms with van der Waals surface area (Å²) in [5.41, 5.74) is 6.82. The molecule has 1 aromatic heterocycles. The van der Waals surface area contributed by atoms with Crippen LogP contribution in [0.25, 0.3) is 5.70 Å². The first-order chi connectivity index (χ1) is 6.59. The average Bonchev–Trinajstić information content (AvgIpc) is 2.47. The van der Waals surface area contributed by atoms with Crippen molar-refractivity contribution in [2.24, 2.45) is 10.7 Å². The zero-order valence-corrected chi connectivity index (χ0v) is 8.19. The van der Waals surface area contributed by atoms with Gasteiger partial charge in [-0.15, -0.1) is 0 Å². The van der Waals surface area contributed by atoms with Crippen LogP contribution in [0.2, 0.25) is 0 Å². The molecule has 0 aliphatic carbocycles. The molecule has 2 rings (SSSR count). The highest BCUT2D eigenvalue weighted by molar-refractivity contribution is 5.85. The average molecular weight is 192 g/mol. The standard InChI is InChI=1S/C9H12N4O/c1-5(2)13-4-11-8-6(10)3-7(14)12-9(8)13/h4-5H,3,10H2,1-2H3. The highest BCUT2D eigenvalue weighted by atomic mass is 16.1. The Kier molecular flexibility index (Phi) is 1.87. The van der Waals surface area contributed by atoms with E-state index in [1.54, 1.807) is 6.33 Å². The molecule has 0 saturated heterocycles. The molecule has 0 bridgehead atoms. The molecule has 0 saturated carbocycles. The van der Waals surface area contributed by atoms with Crippen molar-refractivity contribution >= 4 is 11.6 Å². The number of hydrogen-bond donors (Lipinski definition) is 1. The van der Waals surface area contributed by atoms with E-state index in [0.717, 1.165) is 0 Å². The van der Waals surface area contributed by atoms with Crippen LogP contribution in [0.1, 0.15) is 26.3 Å². The summed E-state index contributed by atoms with van der Waals surface area (Å²) < 4.78 is 1.85. The number of aromatic nitrogens is 2. The smallest absolute Gasteiger partial charge is 0.253 e. The van der Waals surface area contributed by atoms with Gasteiger partial charge in [-0.1, -0.05) is 0 Å². The molecular weight excluding hydrogens is 180 g/mol. The fourth-order valence-electron chi connectivity index (χ4n) is 1.47. The van der Waals surface area contributed by atoms with Gasteiger partial charge >= 0.3 is 0 Å². The second-order valence-corrected chi connectivity index (χ2v) is 3.63. The first-order valence-electron chi connectivity index (χ1n) is 4.52. The summed E-state index contributed by atoms with van der Waals surface area (Å²) in [6.07, 6.45) is 1.85. The Morgan fingerprint density at radius 1 is 1.57 bits per heavy atom. The Labute approximate surface area is 81.0 Å². The largest absolute Gasteiger partial charge is 0.400 e. The van der Waals surface area contributed by atoms with Gasteiger partial charge in [0.2, 0.25) is 0 Å². The summed E-state index contributed by atoms with van der Waals surface area (Å²) >= 11 is 0. The van der Waals surface area contributed by atoms with E-state index in [0.29, 0.717) is 16.5 Å². The van der Waals surface area contributed by atoms with Gasteiger partial charge in [0, 0.05) is 11.7 Å². The summed E-state index contributed by atoms with van der Waals surface area (Å²) in [6.45, 7) is 4.01. The predicted octanol–water partition coefficient (Wildman–Crippen LogP) is -0.919. The lowest BCUT2D eigenvalue weighted by Gasteiger charge is -2.07. The van der Waals surface area contributed by atoms with Gasteiger partial charge in [-0.25, -0.2) is 4.98 Å². The minimum absolute atomic E-state index is 0.183. The fourth-order valence-corrected chi connectivity index (χ4v) is 1.47. The van der Waals surface area contributed by atoms with E-state index < -0.39 is 0 Å². The van der Waals surface area contributed by atoms with Gasteiger partial charge in [-0.3, -0.25) is 4.79 Å². The van der Waals surface area contributed by atoms with Crippen molar-refractivity contribution in [3.05, 3.63) is 17.2 Å². The van der Waals surface area contributed by atoms with E-state index in [1.165, 1.54) is 0 Å². The number of imidazole rings is 1. The summed E-state index contributed by atoms with van der Waals surface area (Å²) in [5.74, 6) is -0.197. The molecule has 14 heavy (non-hydrogen) atoms. The van der Waals surface area contributed by atoms with Crippen molar-refractivity contribution in [2.45, 2.75) is 26.3 Å². The Hall–Kier alpha value is -1.65. The molecule has 1 aliphatic rings. The van der Waals surface area contributed by atoms with E-state index in [-0.39, 0.29) is 18.4 Å². The Balaban J connectivity index is 2.80. The Bertz CT molecular complexity index is 497. The van der Waals surface area contributed by atoms with Crippen LogP contribution < -0.4 is 16.6 Å². The van der Waals surface area contributed by atoms with Crippen LogP contribution >= 0.6 is 0 Å². The van der Waals surface area contributed by atoms with Gasteiger partial charge in [0.25, 0.3) is 5.91 Å². The molecular formula is C9H12N4O. The number of rotatable bonds is 1. The molecule has 1 aliphatic heterocycles. The molecule has 0 atom stereocenters. The highest BCUT2D eigenvalue weighted by Gasteiger charge is 2.14. The number of carbonyl (C=O) groups is 1. The van der Waals surface area contributed by atoms with Crippen molar-refractivity contribution in [3.63, 3.8) is 0 Å². The molecule has 5 heteroatoms. The molecule has 5 nitrogen and oxygen atoms in total. The maximum atomic E-state index is 11.2. The zero-order chi connectivity index (χ0) is 10.3. The van der Waals surface area contributed by atoms with Gasteiger partial charge in [0.15, 0.2) is 5.49 Å². The topological polar surface area (TPSA) is 73.3 Å². The van der Waals surface area contributed by atoms with Crippen LogP contribution in [0.15, 0.2) is 11.3 Å². The van der Waals surface area contributed by atoms with E-state index in [4.69, 9.17) is 5.73 Å². The molecule has 1 amide bonds. The minimum atomic E-state index is -0.197. The molecule has 2 N–H and O–H groups in total. The SMILES string of the molecule is CC(C)n1cnc2c1=NC(=O)CC=2N. The van der Waals surface area contributed by atoms with E-state index in [9.17, 15) is 4.79 Å². The molecule has 0 spiro atoms. The van der Waals surface area contributed by atoms with Crippen molar-refractivity contribution in [1.82, 2.24) is 9.55 Å². The number of fused-ring (bicyclic) bond motifs is 1. The third-order valence-corrected chi connectivity index (χ3v) is 2.20. The number of nitrogens with zero attached hydrogens (tertiary/aromatic N) is 3. The van der Waals surface area contributed by atoms with E-state index >= 15 is 0 Å².